The lowest BCUT2D eigenvalue weighted by molar-refractivity contribution is -0.139. The molecule has 2 aliphatic heterocycles. The van der Waals surface area contributed by atoms with Gasteiger partial charge >= 0.3 is 0 Å². The van der Waals surface area contributed by atoms with Crippen LogP contribution in [-0.4, -0.2) is 94.2 Å². The topological polar surface area (TPSA) is 86.1 Å². The fraction of sp³-hybridized carbons (Fsp3) is 0.458. The fourth-order valence-corrected chi connectivity index (χ4v) is 5.52. The second-order valence-electron chi connectivity index (χ2n) is 8.64. The molecule has 2 bridgehead atoms. The fourth-order valence-electron chi connectivity index (χ4n) is 4.36. The van der Waals surface area contributed by atoms with E-state index in [2.05, 4.69) is 9.80 Å². The van der Waals surface area contributed by atoms with Crippen molar-refractivity contribution < 1.29 is 22.3 Å². The van der Waals surface area contributed by atoms with Gasteiger partial charge in [0.25, 0.3) is 0 Å². The number of ether oxygens (including phenoxy) is 2. The van der Waals surface area contributed by atoms with E-state index in [9.17, 15) is 12.8 Å². The van der Waals surface area contributed by atoms with E-state index in [-0.39, 0.29) is 28.7 Å². The van der Waals surface area contributed by atoms with Crippen LogP contribution in [0.1, 0.15) is 5.56 Å². The third kappa shape index (κ3) is 5.92. The highest BCUT2D eigenvalue weighted by molar-refractivity contribution is 7.89. The van der Waals surface area contributed by atoms with Gasteiger partial charge in [0.05, 0.1) is 28.7 Å². The number of fused-ring (bicyclic) bond motifs is 2. The number of likely N-dealkylation sites (N-methyl/N-ethyl adjacent to an activating group) is 1. The lowest BCUT2D eigenvalue weighted by Crippen LogP contribution is -2.60. The Morgan fingerprint density at radius 2 is 1.68 bits per heavy atom. The van der Waals surface area contributed by atoms with Gasteiger partial charge in [-0.3, -0.25) is 9.80 Å². The summed E-state index contributed by atoms with van der Waals surface area (Å²) in [7, 11) is -2.04. The normalized spacial score (nSPS) is 21.4. The number of hydrogen-bond donors (Lipinski definition) is 0. The number of rotatable bonds is 9. The molecule has 0 N–H and O–H groups in total. The van der Waals surface area contributed by atoms with Crippen LogP contribution in [0.15, 0.2) is 53.4 Å². The molecule has 34 heavy (non-hydrogen) atoms. The SMILES string of the molecule is CN(CCN1CC2CN(CCOc3ccccc3F)CC(C1)O2)S(=O)(=O)c1ccc(C#N)cc1. The number of sulfonamides is 1. The van der Waals surface area contributed by atoms with Gasteiger partial charge in [0.1, 0.15) is 6.61 Å². The molecule has 0 aromatic heterocycles. The summed E-state index contributed by atoms with van der Waals surface area (Å²) in [5.74, 6) is -0.0923. The molecule has 2 aliphatic rings. The van der Waals surface area contributed by atoms with Crippen LogP contribution in [0.4, 0.5) is 4.39 Å². The lowest BCUT2D eigenvalue weighted by Gasteiger charge is -2.46. The van der Waals surface area contributed by atoms with E-state index >= 15 is 0 Å². The van der Waals surface area contributed by atoms with E-state index in [4.69, 9.17) is 14.7 Å². The molecule has 4 rings (SSSR count). The van der Waals surface area contributed by atoms with Crippen LogP contribution in [0.25, 0.3) is 0 Å². The van der Waals surface area contributed by atoms with Crippen LogP contribution >= 0.6 is 0 Å². The monoisotopic (exact) mass is 488 g/mol. The van der Waals surface area contributed by atoms with Gasteiger partial charge < -0.3 is 9.47 Å². The van der Waals surface area contributed by atoms with E-state index in [0.717, 1.165) is 26.2 Å². The third-order valence-electron chi connectivity index (χ3n) is 6.16. The molecular formula is C24H29FN4O4S. The summed E-state index contributed by atoms with van der Waals surface area (Å²) < 4.78 is 52.4. The summed E-state index contributed by atoms with van der Waals surface area (Å²) in [6.45, 7) is 5.04. The largest absolute Gasteiger partial charge is 0.489 e. The smallest absolute Gasteiger partial charge is 0.242 e. The highest BCUT2D eigenvalue weighted by atomic mass is 32.2. The zero-order valence-electron chi connectivity index (χ0n) is 19.1. The van der Waals surface area contributed by atoms with Gasteiger partial charge in [-0.25, -0.2) is 12.8 Å². The number of halogens is 1. The lowest BCUT2D eigenvalue weighted by atomic mass is 10.1. The summed E-state index contributed by atoms with van der Waals surface area (Å²) in [5, 5.41) is 8.90. The first kappa shape index (κ1) is 24.6. The Morgan fingerprint density at radius 3 is 2.29 bits per heavy atom. The standard InChI is InChI=1S/C24H29FN4O4S/c1-27(34(30,31)22-8-6-19(14-26)7-9-22)10-11-28-15-20-17-29(18-21(16-28)33-20)12-13-32-24-5-3-2-4-23(24)25/h2-9,20-21H,10-13,15-18H2,1H3. The molecule has 0 saturated carbocycles. The molecule has 2 fully saturated rings. The van der Waals surface area contributed by atoms with Crippen molar-refractivity contribution in [1.29, 1.82) is 5.26 Å². The van der Waals surface area contributed by atoms with Gasteiger partial charge in [-0.2, -0.15) is 9.57 Å². The molecule has 182 valence electrons. The first-order chi connectivity index (χ1) is 16.3. The summed E-state index contributed by atoms with van der Waals surface area (Å²) in [6.07, 6.45) is 0.0859. The van der Waals surface area contributed by atoms with Crippen molar-refractivity contribution >= 4 is 10.0 Å². The van der Waals surface area contributed by atoms with Crippen molar-refractivity contribution in [2.75, 3.05) is 59.5 Å². The Hall–Kier alpha value is -2.55. The molecule has 0 spiro atoms. The van der Waals surface area contributed by atoms with Crippen molar-refractivity contribution in [2.24, 2.45) is 0 Å². The molecule has 0 radical (unpaired) electrons. The molecule has 0 amide bonds. The van der Waals surface area contributed by atoms with Crippen LogP contribution in [0.3, 0.4) is 0 Å². The minimum atomic E-state index is -3.61. The number of nitriles is 1. The predicted molar refractivity (Wildman–Crippen MR) is 124 cm³/mol. The van der Waals surface area contributed by atoms with Gasteiger partial charge in [-0.15, -0.1) is 0 Å². The quantitative estimate of drug-likeness (QED) is 0.532. The Bertz CT molecular complexity index is 1110. The minimum Gasteiger partial charge on any atom is -0.489 e. The average molecular weight is 489 g/mol. The highest BCUT2D eigenvalue weighted by Gasteiger charge is 2.35. The first-order valence-electron chi connectivity index (χ1n) is 11.3. The zero-order chi connectivity index (χ0) is 24.1. The summed E-state index contributed by atoms with van der Waals surface area (Å²) in [4.78, 5) is 4.70. The predicted octanol–water partition coefficient (Wildman–Crippen LogP) is 1.78. The number of morpholine rings is 2. The Morgan fingerprint density at radius 1 is 1.06 bits per heavy atom. The highest BCUT2D eigenvalue weighted by Crippen LogP contribution is 2.21. The minimum absolute atomic E-state index is 0.0430. The summed E-state index contributed by atoms with van der Waals surface area (Å²) >= 11 is 0. The van der Waals surface area contributed by atoms with E-state index < -0.39 is 10.0 Å². The van der Waals surface area contributed by atoms with Gasteiger partial charge in [0.15, 0.2) is 11.6 Å². The number of nitrogens with zero attached hydrogens (tertiary/aromatic N) is 4. The van der Waals surface area contributed by atoms with Crippen molar-refractivity contribution in [3.8, 4) is 11.8 Å². The van der Waals surface area contributed by atoms with E-state index in [1.165, 1.54) is 34.6 Å². The zero-order valence-corrected chi connectivity index (χ0v) is 20.0. The molecule has 2 aromatic carbocycles. The molecular weight excluding hydrogens is 459 g/mol. The second-order valence-corrected chi connectivity index (χ2v) is 10.7. The summed E-state index contributed by atoms with van der Waals surface area (Å²) in [5.41, 5.74) is 0.425. The first-order valence-corrected chi connectivity index (χ1v) is 12.7. The van der Waals surface area contributed by atoms with Crippen molar-refractivity contribution in [3.63, 3.8) is 0 Å². The van der Waals surface area contributed by atoms with Gasteiger partial charge in [0, 0.05) is 52.9 Å². The van der Waals surface area contributed by atoms with Gasteiger partial charge in [-0.05, 0) is 36.4 Å². The number of benzene rings is 2. The number of para-hydroxylation sites is 1. The van der Waals surface area contributed by atoms with Gasteiger partial charge in [0.2, 0.25) is 10.0 Å². The Labute approximate surface area is 200 Å². The summed E-state index contributed by atoms with van der Waals surface area (Å²) in [6, 6.07) is 14.3. The van der Waals surface area contributed by atoms with E-state index in [1.807, 2.05) is 6.07 Å². The molecule has 10 heteroatoms. The number of hydrogen-bond acceptors (Lipinski definition) is 7. The maximum absolute atomic E-state index is 13.7. The second kappa shape index (κ2) is 10.8. The van der Waals surface area contributed by atoms with E-state index in [0.29, 0.717) is 31.8 Å². The van der Waals surface area contributed by atoms with E-state index in [1.54, 1.807) is 25.2 Å². The van der Waals surface area contributed by atoms with Crippen LogP contribution in [-0.2, 0) is 14.8 Å². The molecule has 2 heterocycles. The van der Waals surface area contributed by atoms with Crippen molar-refractivity contribution in [2.45, 2.75) is 17.1 Å². The van der Waals surface area contributed by atoms with Gasteiger partial charge in [-0.1, -0.05) is 12.1 Å². The maximum atomic E-state index is 13.7. The molecule has 0 aliphatic carbocycles. The average Bonchev–Trinajstić information content (AvgIpc) is 2.83. The van der Waals surface area contributed by atoms with Crippen LogP contribution in [0.2, 0.25) is 0 Å². The molecule has 8 nitrogen and oxygen atoms in total. The maximum Gasteiger partial charge on any atom is 0.242 e. The van der Waals surface area contributed by atoms with Crippen LogP contribution in [0, 0.1) is 17.1 Å². The molecule has 2 atom stereocenters. The van der Waals surface area contributed by atoms with Crippen LogP contribution in [0.5, 0.6) is 5.75 Å². The van der Waals surface area contributed by atoms with Crippen molar-refractivity contribution in [1.82, 2.24) is 14.1 Å². The molecule has 2 unspecified atom stereocenters. The molecule has 2 saturated heterocycles. The third-order valence-corrected chi connectivity index (χ3v) is 8.03. The van der Waals surface area contributed by atoms with Crippen molar-refractivity contribution in [3.05, 3.63) is 59.9 Å². The Kier molecular flexibility index (Phi) is 7.80. The van der Waals surface area contributed by atoms with Crippen LogP contribution < -0.4 is 4.74 Å². The Balaban J connectivity index is 1.23. The molecule has 2 aromatic rings.